The lowest BCUT2D eigenvalue weighted by Gasteiger charge is -1.99. The highest BCUT2D eigenvalue weighted by Crippen LogP contribution is 2.20. The average molecular weight is 292 g/mol. The lowest BCUT2D eigenvalue weighted by atomic mass is 10.1. The fourth-order valence-corrected chi connectivity index (χ4v) is 2.37. The van der Waals surface area contributed by atoms with Crippen molar-refractivity contribution in [3.8, 4) is 0 Å². The lowest BCUT2D eigenvalue weighted by Crippen LogP contribution is -1.86. The summed E-state index contributed by atoms with van der Waals surface area (Å²) < 4.78 is 2.08. The maximum Gasteiger partial charge on any atom is 0.120 e. The molecule has 0 fully saturated rings. The molecule has 0 spiro atoms. The van der Waals surface area contributed by atoms with Gasteiger partial charge in [0.25, 0.3) is 0 Å². The van der Waals surface area contributed by atoms with Crippen molar-refractivity contribution in [1.29, 1.82) is 0 Å². The van der Waals surface area contributed by atoms with Gasteiger partial charge in [-0.05, 0) is 30.2 Å². The Bertz CT molecular complexity index is 264. The highest BCUT2D eigenvalue weighted by Gasteiger charge is 1.96. The molecule has 0 aromatic heterocycles. The van der Waals surface area contributed by atoms with E-state index >= 15 is 0 Å². The lowest BCUT2D eigenvalue weighted by molar-refractivity contribution is -0.107. The number of benzene rings is 1. The minimum atomic E-state index is 0.586. The molecular formula is C9H8Br2O. The van der Waals surface area contributed by atoms with Gasteiger partial charge in [0.1, 0.15) is 6.29 Å². The monoisotopic (exact) mass is 290 g/mol. The van der Waals surface area contributed by atoms with E-state index in [4.69, 9.17) is 0 Å². The zero-order valence-corrected chi connectivity index (χ0v) is 9.56. The highest BCUT2D eigenvalue weighted by atomic mass is 79.9. The van der Waals surface area contributed by atoms with Gasteiger partial charge in [-0.15, -0.1) is 0 Å². The van der Waals surface area contributed by atoms with Crippen LogP contribution >= 0.6 is 31.9 Å². The molecule has 0 N–H and O–H groups in total. The van der Waals surface area contributed by atoms with Crippen molar-refractivity contribution in [3.05, 3.63) is 32.7 Å². The number of aryl methyl sites for hydroxylation is 1. The van der Waals surface area contributed by atoms with Crippen LogP contribution in [0.4, 0.5) is 0 Å². The fraction of sp³-hybridized carbons (Fsp3) is 0.222. The van der Waals surface area contributed by atoms with Crippen LogP contribution in [0.1, 0.15) is 12.0 Å². The first-order valence-corrected chi connectivity index (χ1v) is 5.19. The molecule has 1 aromatic rings. The maximum absolute atomic E-state index is 10.1. The summed E-state index contributed by atoms with van der Waals surface area (Å²) in [5.74, 6) is 0. The average Bonchev–Trinajstić information content (AvgIpc) is 1.99. The summed E-state index contributed by atoms with van der Waals surface area (Å²) >= 11 is 6.77. The largest absolute Gasteiger partial charge is 0.303 e. The second-order valence-electron chi connectivity index (χ2n) is 2.48. The van der Waals surface area contributed by atoms with E-state index < -0.39 is 0 Å². The number of aldehydes is 1. The number of carbonyl (C=O) groups excluding carboxylic acids is 1. The van der Waals surface area contributed by atoms with Gasteiger partial charge in [-0.25, -0.2) is 0 Å². The summed E-state index contributed by atoms with van der Waals surface area (Å²) in [7, 11) is 0. The van der Waals surface area contributed by atoms with Crippen LogP contribution in [-0.2, 0) is 11.2 Å². The molecule has 0 radical (unpaired) electrons. The molecule has 0 amide bonds. The van der Waals surface area contributed by atoms with Crippen molar-refractivity contribution in [2.45, 2.75) is 12.8 Å². The normalized spacial score (nSPS) is 9.83. The minimum absolute atomic E-state index is 0.586. The van der Waals surface area contributed by atoms with Gasteiger partial charge in [0.2, 0.25) is 0 Å². The molecule has 3 heteroatoms. The van der Waals surface area contributed by atoms with Gasteiger partial charge in [0.05, 0.1) is 0 Å². The van der Waals surface area contributed by atoms with Crippen molar-refractivity contribution in [2.75, 3.05) is 0 Å². The zero-order valence-electron chi connectivity index (χ0n) is 6.39. The Labute approximate surface area is 88.4 Å². The van der Waals surface area contributed by atoms with Gasteiger partial charge in [-0.1, -0.05) is 31.9 Å². The molecule has 1 aromatic carbocycles. The van der Waals surface area contributed by atoms with Crippen LogP contribution in [0.5, 0.6) is 0 Å². The Morgan fingerprint density at radius 2 is 1.75 bits per heavy atom. The second kappa shape index (κ2) is 4.77. The van der Waals surface area contributed by atoms with Crippen molar-refractivity contribution in [1.82, 2.24) is 0 Å². The summed E-state index contributed by atoms with van der Waals surface area (Å²) in [4.78, 5) is 10.1. The first-order valence-electron chi connectivity index (χ1n) is 3.61. The predicted molar refractivity (Wildman–Crippen MR) is 56.2 cm³/mol. The molecule has 0 aliphatic carbocycles. The Morgan fingerprint density at radius 1 is 1.17 bits per heavy atom. The molecule has 64 valence electrons. The summed E-state index contributed by atoms with van der Waals surface area (Å²) in [6, 6.07) is 6.02. The van der Waals surface area contributed by atoms with E-state index in [1.54, 1.807) is 0 Å². The topological polar surface area (TPSA) is 17.1 Å². The number of halogens is 2. The van der Waals surface area contributed by atoms with Gasteiger partial charge in [0, 0.05) is 15.4 Å². The molecular weight excluding hydrogens is 284 g/mol. The Kier molecular flexibility index (Phi) is 3.95. The minimum Gasteiger partial charge on any atom is -0.303 e. The van der Waals surface area contributed by atoms with Crippen molar-refractivity contribution in [3.63, 3.8) is 0 Å². The third-order valence-corrected chi connectivity index (χ3v) is 2.39. The molecule has 12 heavy (non-hydrogen) atoms. The third kappa shape index (κ3) is 3.07. The Hall–Kier alpha value is -0.150. The van der Waals surface area contributed by atoms with E-state index in [0.717, 1.165) is 21.7 Å². The van der Waals surface area contributed by atoms with Crippen LogP contribution in [0.2, 0.25) is 0 Å². The molecule has 0 atom stereocenters. The van der Waals surface area contributed by atoms with E-state index in [-0.39, 0.29) is 0 Å². The van der Waals surface area contributed by atoms with Crippen LogP contribution in [0.25, 0.3) is 0 Å². The first-order chi connectivity index (χ1) is 5.72. The van der Waals surface area contributed by atoms with Crippen molar-refractivity contribution < 1.29 is 4.79 Å². The summed E-state index contributed by atoms with van der Waals surface area (Å²) in [5.41, 5.74) is 1.17. The van der Waals surface area contributed by atoms with Crippen LogP contribution in [-0.4, -0.2) is 6.29 Å². The molecule has 0 saturated carbocycles. The molecule has 0 aliphatic heterocycles. The van der Waals surface area contributed by atoms with Gasteiger partial charge in [-0.3, -0.25) is 0 Å². The molecule has 0 aliphatic rings. The van der Waals surface area contributed by atoms with Crippen molar-refractivity contribution in [2.24, 2.45) is 0 Å². The highest BCUT2D eigenvalue weighted by molar-refractivity contribution is 9.11. The fourth-order valence-electron chi connectivity index (χ4n) is 0.981. The van der Waals surface area contributed by atoms with Crippen molar-refractivity contribution >= 4 is 38.1 Å². The molecule has 1 nitrogen and oxygen atoms in total. The second-order valence-corrected chi connectivity index (χ2v) is 4.31. The first kappa shape index (κ1) is 9.93. The van der Waals surface area contributed by atoms with Crippen LogP contribution in [0.3, 0.4) is 0 Å². The van der Waals surface area contributed by atoms with Crippen LogP contribution in [0, 0.1) is 0 Å². The predicted octanol–water partition coefficient (Wildman–Crippen LogP) is 3.34. The Morgan fingerprint density at radius 3 is 2.25 bits per heavy atom. The van der Waals surface area contributed by atoms with Gasteiger partial charge >= 0.3 is 0 Å². The number of hydrogen-bond donors (Lipinski definition) is 0. The van der Waals surface area contributed by atoms with E-state index in [2.05, 4.69) is 31.9 Å². The molecule has 0 saturated heterocycles. The van der Waals surface area contributed by atoms with Crippen LogP contribution in [0.15, 0.2) is 27.1 Å². The number of hydrogen-bond acceptors (Lipinski definition) is 1. The number of rotatable bonds is 3. The number of carbonyl (C=O) groups is 1. The summed E-state index contributed by atoms with van der Waals surface area (Å²) in [5, 5.41) is 0. The maximum atomic E-state index is 10.1. The standard InChI is InChI=1S/C9H8Br2O/c10-8-4-7(2-1-3-12)5-9(11)6-8/h3-6H,1-2H2. The smallest absolute Gasteiger partial charge is 0.120 e. The third-order valence-electron chi connectivity index (χ3n) is 1.47. The van der Waals surface area contributed by atoms with Gasteiger partial charge < -0.3 is 4.79 Å². The van der Waals surface area contributed by atoms with Gasteiger partial charge in [-0.2, -0.15) is 0 Å². The van der Waals surface area contributed by atoms with E-state index in [9.17, 15) is 4.79 Å². The summed E-state index contributed by atoms with van der Waals surface area (Å²) in [6.07, 6.45) is 2.33. The van der Waals surface area contributed by atoms with E-state index in [1.165, 1.54) is 5.56 Å². The quantitative estimate of drug-likeness (QED) is 0.781. The van der Waals surface area contributed by atoms with E-state index in [0.29, 0.717) is 6.42 Å². The SMILES string of the molecule is O=CCCc1cc(Br)cc(Br)c1. The molecule has 1 rings (SSSR count). The zero-order chi connectivity index (χ0) is 8.97. The molecule has 0 heterocycles. The van der Waals surface area contributed by atoms with E-state index in [1.807, 2.05) is 18.2 Å². The summed E-state index contributed by atoms with van der Waals surface area (Å²) in [6.45, 7) is 0. The molecule has 0 bridgehead atoms. The Balaban J connectivity index is 2.78. The molecule has 0 unspecified atom stereocenters. The van der Waals surface area contributed by atoms with Crippen LogP contribution < -0.4 is 0 Å². The van der Waals surface area contributed by atoms with Gasteiger partial charge in [0.15, 0.2) is 0 Å².